The average Bonchev–Trinajstić information content (AvgIpc) is 2.34. The lowest BCUT2D eigenvalue weighted by Gasteiger charge is -2.08. The second-order valence-corrected chi connectivity index (χ2v) is 4.02. The molecule has 11 heavy (non-hydrogen) atoms. The molecule has 2 unspecified atom stereocenters. The van der Waals surface area contributed by atoms with Crippen molar-refractivity contribution >= 4 is 15.9 Å². The summed E-state index contributed by atoms with van der Waals surface area (Å²) >= 11 is 3.28. The minimum Gasteiger partial charge on any atom is -0.464 e. The van der Waals surface area contributed by atoms with Crippen molar-refractivity contribution in [2.24, 2.45) is 0 Å². The van der Waals surface area contributed by atoms with Crippen LogP contribution in [0.5, 0.6) is 0 Å². The third-order valence-corrected chi connectivity index (χ3v) is 1.99. The quantitative estimate of drug-likeness (QED) is 0.774. The number of aliphatic hydroxyl groups excluding tert-OH is 1. The molecule has 0 aliphatic heterocycles. The van der Waals surface area contributed by atoms with Gasteiger partial charge in [-0.25, -0.2) is 0 Å². The number of halogens is 1. The van der Waals surface area contributed by atoms with E-state index in [4.69, 9.17) is 4.42 Å². The molecule has 0 saturated heterocycles. The molecular weight excluding hydrogens is 208 g/mol. The normalized spacial score (nSPS) is 16.4. The summed E-state index contributed by atoms with van der Waals surface area (Å²) in [6.45, 7) is 3.73. The Bertz CT molecular complexity index is 230. The third kappa shape index (κ3) is 2.07. The molecule has 0 fully saturated rings. The van der Waals surface area contributed by atoms with Gasteiger partial charge in [-0.15, -0.1) is 0 Å². The van der Waals surface area contributed by atoms with Crippen LogP contribution in [-0.4, -0.2) is 9.93 Å². The van der Waals surface area contributed by atoms with Crippen molar-refractivity contribution in [2.75, 3.05) is 0 Å². The Balaban J connectivity index is 2.76. The van der Waals surface area contributed by atoms with E-state index in [0.29, 0.717) is 5.76 Å². The van der Waals surface area contributed by atoms with Crippen molar-refractivity contribution in [3.63, 3.8) is 0 Å². The summed E-state index contributed by atoms with van der Waals surface area (Å²) in [4.78, 5) is 0.0213. The van der Waals surface area contributed by atoms with Gasteiger partial charge in [-0.2, -0.15) is 0 Å². The lowest BCUT2D eigenvalue weighted by Crippen LogP contribution is -2.06. The van der Waals surface area contributed by atoms with E-state index in [2.05, 4.69) is 15.9 Å². The second kappa shape index (κ2) is 3.41. The van der Waals surface area contributed by atoms with Crippen LogP contribution in [0, 0.1) is 6.92 Å². The number of rotatable bonds is 2. The fourth-order valence-corrected chi connectivity index (χ4v) is 1.10. The Hall–Kier alpha value is -0.280. The number of furan rings is 1. The van der Waals surface area contributed by atoms with E-state index in [9.17, 15) is 5.11 Å². The fraction of sp³-hybridized carbons (Fsp3) is 0.500. The average molecular weight is 219 g/mol. The summed E-state index contributed by atoms with van der Waals surface area (Å²) < 4.78 is 5.23. The molecule has 3 heteroatoms. The molecular formula is C8H11BrO2. The number of alkyl halides is 1. The van der Waals surface area contributed by atoms with Crippen LogP contribution in [0.3, 0.4) is 0 Å². The highest BCUT2D eigenvalue weighted by Crippen LogP contribution is 2.23. The molecule has 0 bridgehead atoms. The van der Waals surface area contributed by atoms with Gasteiger partial charge in [0.25, 0.3) is 0 Å². The zero-order valence-electron chi connectivity index (χ0n) is 6.54. The molecule has 0 aliphatic rings. The SMILES string of the molecule is Cc1ccc(C(O)C(C)Br)o1. The highest BCUT2D eigenvalue weighted by molar-refractivity contribution is 9.09. The molecule has 1 aromatic heterocycles. The number of aryl methyl sites for hydroxylation is 1. The largest absolute Gasteiger partial charge is 0.464 e. The number of hydrogen-bond donors (Lipinski definition) is 1. The van der Waals surface area contributed by atoms with Gasteiger partial charge < -0.3 is 9.52 Å². The monoisotopic (exact) mass is 218 g/mol. The minimum absolute atomic E-state index is 0.0213. The highest BCUT2D eigenvalue weighted by Gasteiger charge is 2.16. The Morgan fingerprint density at radius 2 is 2.18 bits per heavy atom. The van der Waals surface area contributed by atoms with Gasteiger partial charge in [-0.05, 0) is 26.0 Å². The van der Waals surface area contributed by atoms with Crippen LogP contribution in [0.2, 0.25) is 0 Å². The molecule has 0 radical (unpaired) electrons. The van der Waals surface area contributed by atoms with E-state index in [1.54, 1.807) is 6.07 Å². The van der Waals surface area contributed by atoms with Crippen molar-refractivity contribution < 1.29 is 9.52 Å². The molecule has 0 spiro atoms. The van der Waals surface area contributed by atoms with Gasteiger partial charge in [0.2, 0.25) is 0 Å². The molecule has 2 nitrogen and oxygen atoms in total. The molecule has 1 aromatic rings. The van der Waals surface area contributed by atoms with Crippen molar-refractivity contribution in [1.29, 1.82) is 0 Å². The molecule has 0 amide bonds. The van der Waals surface area contributed by atoms with Crippen molar-refractivity contribution in [2.45, 2.75) is 24.8 Å². The minimum atomic E-state index is -0.552. The first-order chi connectivity index (χ1) is 5.11. The van der Waals surface area contributed by atoms with Gasteiger partial charge in [0, 0.05) is 4.83 Å². The summed E-state index contributed by atoms with van der Waals surface area (Å²) in [7, 11) is 0. The molecule has 62 valence electrons. The maximum atomic E-state index is 9.47. The van der Waals surface area contributed by atoms with E-state index in [1.807, 2.05) is 19.9 Å². The Kier molecular flexibility index (Phi) is 2.73. The maximum absolute atomic E-state index is 9.47. The zero-order chi connectivity index (χ0) is 8.43. The Morgan fingerprint density at radius 1 is 1.55 bits per heavy atom. The van der Waals surface area contributed by atoms with Gasteiger partial charge in [-0.3, -0.25) is 0 Å². The van der Waals surface area contributed by atoms with Crippen molar-refractivity contribution in [3.8, 4) is 0 Å². The van der Waals surface area contributed by atoms with Crippen molar-refractivity contribution in [3.05, 3.63) is 23.7 Å². The lowest BCUT2D eigenvalue weighted by molar-refractivity contribution is 0.151. The molecule has 2 atom stereocenters. The summed E-state index contributed by atoms with van der Waals surface area (Å²) in [5, 5.41) is 9.47. The van der Waals surface area contributed by atoms with Gasteiger partial charge in [-0.1, -0.05) is 15.9 Å². The van der Waals surface area contributed by atoms with E-state index < -0.39 is 6.10 Å². The molecule has 0 aromatic carbocycles. The van der Waals surface area contributed by atoms with Crippen LogP contribution in [0.15, 0.2) is 16.5 Å². The van der Waals surface area contributed by atoms with Gasteiger partial charge >= 0.3 is 0 Å². The predicted molar refractivity (Wildman–Crippen MR) is 46.8 cm³/mol. The molecule has 1 N–H and O–H groups in total. The van der Waals surface area contributed by atoms with E-state index >= 15 is 0 Å². The third-order valence-electron chi connectivity index (χ3n) is 1.49. The molecule has 0 saturated carbocycles. The van der Waals surface area contributed by atoms with Crippen LogP contribution in [-0.2, 0) is 0 Å². The second-order valence-electron chi connectivity index (χ2n) is 2.57. The van der Waals surface area contributed by atoms with E-state index in [0.717, 1.165) is 5.76 Å². The molecule has 1 rings (SSSR count). The summed E-state index contributed by atoms with van der Waals surface area (Å²) in [5.74, 6) is 1.44. The maximum Gasteiger partial charge on any atom is 0.133 e. The van der Waals surface area contributed by atoms with Crippen LogP contribution < -0.4 is 0 Å². The van der Waals surface area contributed by atoms with Gasteiger partial charge in [0.15, 0.2) is 0 Å². The Labute approximate surface area is 74.3 Å². The van der Waals surface area contributed by atoms with Crippen LogP contribution in [0.1, 0.15) is 24.5 Å². The predicted octanol–water partition coefficient (Wildman–Crippen LogP) is 2.40. The van der Waals surface area contributed by atoms with Crippen molar-refractivity contribution in [1.82, 2.24) is 0 Å². The first-order valence-corrected chi connectivity index (χ1v) is 4.41. The fourth-order valence-electron chi connectivity index (χ4n) is 0.839. The summed E-state index contributed by atoms with van der Waals surface area (Å²) in [6, 6.07) is 3.63. The van der Waals surface area contributed by atoms with Crippen LogP contribution in [0.4, 0.5) is 0 Å². The zero-order valence-corrected chi connectivity index (χ0v) is 8.13. The molecule has 0 aliphatic carbocycles. The van der Waals surface area contributed by atoms with Crippen LogP contribution in [0.25, 0.3) is 0 Å². The standard InChI is InChI=1S/C8H11BrO2/c1-5-3-4-7(11-5)8(10)6(2)9/h3-4,6,8,10H,1-2H3. The number of aliphatic hydroxyl groups is 1. The summed E-state index contributed by atoms with van der Waals surface area (Å²) in [6.07, 6.45) is -0.552. The van der Waals surface area contributed by atoms with E-state index in [-0.39, 0.29) is 4.83 Å². The topological polar surface area (TPSA) is 33.4 Å². The first kappa shape index (κ1) is 8.81. The van der Waals surface area contributed by atoms with Gasteiger partial charge in [0.1, 0.15) is 17.6 Å². The van der Waals surface area contributed by atoms with Crippen LogP contribution >= 0.6 is 15.9 Å². The smallest absolute Gasteiger partial charge is 0.133 e. The first-order valence-electron chi connectivity index (χ1n) is 3.49. The van der Waals surface area contributed by atoms with Gasteiger partial charge in [0.05, 0.1) is 0 Å². The lowest BCUT2D eigenvalue weighted by atomic mass is 10.2. The Morgan fingerprint density at radius 3 is 2.55 bits per heavy atom. The number of hydrogen-bond acceptors (Lipinski definition) is 2. The summed E-state index contributed by atoms with van der Waals surface area (Å²) in [5.41, 5.74) is 0. The van der Waals surface area contributed by atoms with E-state index in [1.165, 1.54) is 0 Å². The molecule has 1 heterocycles. The highest BCUT2D eigenvalue weighted by atomic mass is 79.9.